The van der Waals surface area contributed by atoms with Crippen LogP contribution in [0.4, 0.5) is 6.01 Å². The van der Waals surface area contributed by atoms with Crippen LogP contribution in [0.25, 0.3) is 11.1 Å². The average Bonchev–Trinajstić information content (AvgIpc) is 3.12. The van der Waals surface area contributed by atoms with Crippen LogP contribution < -0.4 is 4.90 Å². The van der Waals surface area contributed by atoms with Crippen LogP contribution in [0.1, 0.15) is 29.8 Å². The third-order valence-corrected chi connectivity index (χ3v) is 5.41. The highest BCUT2D eigenvalue weighted by Crippen LogP contribution is 2.29. The van der Waals surface area contributed by atoms with E-state index in [1.807, 2.05) is 6.07 Å². The molecular weight excluding hydrogens is 354 g/mol. The van der Waals surface area contributed by atoms with Crippen LogP contribution in [0.3, 0.4) is 0 Å². The second kappa shape index (κ2) is 7.64. The van der Waals surface area contributed by atoms with Crippen LogP contribution in [-0.2, 0) is 6.54 Å². The number of aromatic carboxylic acids is 1. The maximum Gasteiger partial charge on any atom is 0.338 e. The SMILES string of the molecule is CC(C)C1CN(Cc2ccccc2)CCN1c1nc2c(C(=O)O)cccc2o1. The number of rotatable bonds is 5. The highest BCUT2D eigenvalue weighted by atomic mass is 16.4. The zero-order valence-electron chi connectivity index (χ0n) is 16.2. The number of oxazole rings is 1. The number of fused-ring (bicyclic) bond motifs is 1. The van der Waals surface area contributed by atoms with E-state index in [9.17, 15) is 9.90 Å². The number of carboxylic acids is 1. The van der Waals surface area contributed by atoms with Gasteiger partial charge in [0.05, 0.1) is 5.56 Å². The van der Waals surface area contributed by atoms with Crippen LogP contribution in [0.5, 0.6) is 0 Å². The fourth-order valence-electron chi connectivity index (χ4n) is 3.90. The summed E-state index contributed by atoms with van der Waals surface area (Å²) in [5, 5.41) is 9.42. The molecule has 4 rings (SSSR count). The van der Waals surface area contributed by atoms with Gasteiger partial charge in [-0.05, 0) is 23.6 Å². The van der Waals surface area contributed by atoms with E-state index < -0.39 is 5.97 Å². The molecule has 2 aromatic carbocycles. The summed E-state index contributed by atoms with van der Waals surface area (Å²) in [5.41, 5.74) is 2.42. The van der Waals surface area contributed by atoms with E-state index in [1.54, 1.807) is 18.2 Å². The van der Waals surface area contributed by atoms with Gasteiger partial charge < -0.3 is 14.4 Å². The molecule has 2 heterocycles. The molecule has 3 aromatic rings. The lowest BCUT2D eigenvalue weighted by atomic mass is 9.99. The van der Waals surface area contributed by atoms with E-state index in [1.165, 1.54) is 5.56 Å². The highest BCUT2D eigenvalue weighted by Gasteiger charge is 2.32. The number of anilines is 1. The third kappa shape index (κ3) is 3.60. The second-order valence-electron chi connectivity index (χ2n) is 7.68. The van der Waals surface area contributed by atoms with Crippen LogP contribution >= 0.6 is 0 Å². The summed E-state index contributed by atoms with van der Waals surface area (Å²) < 4.78 is 5.97. The number of hydrogen-bond acceptors (Lipinski definition) is 5. The molecule has 1 aromatic heterocycles. The first-order valence-corrected chi connectivity index (χ1v) is 9.68. The number of piperazine rings is 1. The summed E-state index contributed by atoms with van der Waals surface area (Å²) in [6.07, 6.45) is 0. The van der Waals surface area contributed by atoms with Gasteiger partial charge in [-0.3, -0.25) is 4.90 Å². The Morgan fingerprint density at radius 1 is 1.18 bits per heavy atom. The summed E-state index contributed by atoms with van der Waals surface area (Å²) in [6.45, 7) is 7.95. The monoisotopic (exact) mass is 379 g/mol. The van der Waals surface area contributed by atoms with Crippen molar-refractivity contribution in [3.8, 4) is 0 Å². The zero-order valence-corrected chi connectivity index (χ0v) is 16.2. The summed E-state index contributed by atoms with van der Waals surface area (Å²) >= 11 is 0. The van der Waals surface area contributed by atoms with Gasteiger partial charge in [0.2, 0.25) is 0 Å². The van der Waals surface area contributed by atoms with Crippen LogP contribution in [0, 0.1) is 5.92 Å². The van der Waals surface area contributed by atoms with E-state index in [0.717, 1.165) is 26.2 Å². The first kappa shape index (κ1) is 18.5. The molecule has 0 bridgehead atoms. The van der Waals surface area contributed by atoms with E-state index >= 15 is 0 Å². The van der Waals surface area contributed by atoms with Gasteiger partial charge >= 0.3 is 5.97 Å². The molecule has 0 spiro atoms. The predicted octanol–water partition coefficient (Wildman–Crippen LogP) is 3.87. The summed E-state index contributed by atoms with van der Waals surface area (Å²) in [7, 11) is 0. The Morgan fingerprint density at radius 3 is 2.68 bits per heavy atom. The van der Waals surface area contributed by atoms with E-state index in [4.69, 9.17) is 4.42 Å². The Bertz CT molecular complexity index is 968. The molecule has 146 valence electrons. The first-order chi connectivity index (χ1) is 13.5. The number of carbonyl (C=O) groups is 1. The molecule has 0 amide bonds. The molecule has 1 saturated heterocycles. The van der Waals surface area contributed by atoms with Crippen molar-refractivity contribution in [2.45, 2.75) is 26.4 Å². The molecule has 28 heavy (non-hydrogen) atoms. The topological polar surface area (TPSA) is 69.8 Å². The summed E-state index contributed by atoms with van der Waals surface area (Å²) in [5.74, 6) is -0.578. The lowest BCUT2D eigenvalue weighted by Gasteiger charge is -2.42. The lowest BCUT2D eigenvalue weighted by molar-refractivity contribution is 0.0699. The van der Waals surface area contributed by atoms with Crippen molar-refractivity contribution in [1.29, 1.82) is 0 Å². The van der Waals surface area contributed by atoms with Crippen molar-refractivity contribution in [1.82, 2.24) is 9.88 Å². The summed E-state index contributed by atoms with van der Waals surface area (Å²) in [4.78, 5) is 20.7. The molecule has 1 aliphatic heterocycles. The van der Waals surface area contributed by atoms with Crippen LogP contribution in [0.2, 0.25) is 0 Å². The van der Waals surface area contributed by atoms with Gasteiger partial charge in [0.1, 0.15) is 5.52 Å². The Morgan fingerprint density at radius 2 is 1.96 bits per heavy atom. The van der Waals surface area contributed by atoms with Gasteiger partial charge in [0.25, 0.3) is 6.01 Å². The fourth-order valence-corrected chi connectivity index (χ4v) is 3.90. The number of nitrogens with zero attached hydrogens (tertiary/aromatic N) is 3. The van der Waals surface area contributed by atoms with Crippen molar-refractivity contribution >= 4 is 23.1 Å². The third-order valence-electron chi connectivity index (χ3n) is 5.41. The molecular formula is C22H25N3O3. The molecule has 1 atom stereocenters. The number of para-hydroxylation sites is 1. The number of benzene rings is 2. The minimum atomic E-state index is -0.987. The average molecular weight is 379 g/mol. The van der Waals surface area contributed by atoms with Gasteiger partial charge in [-0.15, -0.1) is 0 Å². The highest BCUT2D eigenvalue weighted by molar-refractivity contribution is 6.00. The molecule has 0 aliphatic carbocycles. The Balaban J connectivity index is 1.58. The van der Waals surface area contributed by atoms with Gasteiger partial charge in [0.15, 0.2) is 5.58 Å². The van der Waals surface area contributed by atoms with Gasteiger partial charge in [0, 0.05) is 32.2 Å². The normalized spacial score (nSPS) is 18.1. The van der Waals surface area contributed by atoms with Gasteiger partial charge in [-0.1, -0.05) is 50.2 Å². The molecule has 6 nitrogen and oxygen atoms in total. The molecule has 1 aliphatic rings. The zero-order chi connectivity index (χ0) is 19.7. The Kier molecular flexibility index (Phi) is 5.05. The maximum absolute atomic E-state index is 11.5. The van der Waals surface area contributed by atoms with Crippen molar-refractivity contribution in [3.63, 3.8) is 0 Å². The number of carboxylic acid groups (broad SMARTS) is 1. The lowest BCUT2D eigenvalue weighted by Crippen LogP contribution is -2.55. The van der Waals surface area contributed by atoms with E-state index in [-0.39, 0.29) is 11.6 Å². The molecule has 6 heteroatoms. The Labute approximate surface area is 164 Å². The molecule has 0 saturated carbocycles. The van der Waals surface area contributed by atoms with Crippen LogP contribution in [0.15, 0.2) is 52.9 Å². The summed E-state index contributed by atoms with van der Waals surface area (Å²) in [6, 6.07) is 16.3. The molecule has 1 N–H and O–H groups in total. The fraction of sp³-hybridized carbons (Fsp3) is 0.364. The molecule has 1 unspecified atom stereocenters. The van der Waals surface area contributed by atoms with Crippen molar-refractivity contribution < 1.29 is 14.3 Å². The largest absolute Gasteiger partial charge is 0.478 e. The number of aromatic nitrogens is 1. The van der Waals surface area contributed by atoms with Crippen molar-refractivity contribution in [2.24, 2.45) is 5.92 Å². The molecule has 0 radical (unpaired) electrons. The minimum absolute atomic E-state index is 0.177. The minimum Gasteiger partial charge on any atom is -0.478 e. The number of hydrogen-bond donors (Lipinski definition) is 1. The standard InChI is InChI=1S/C22H25N3O3/c1-15(2)18-14-24(13-16-7-4-3-5-8-16)11-12-25(18)22-23-20-17(21(26)27)9-6-10-19(20)28-22/h3-10,15,18H,11-14H2,1-2H3,(H,26,27). The first-order valence-electron chi connectivity index (χ1n) is 9.68. The van der Waals surface area contributed by atoms with E-state index in [0.29, 0.717) is 23.0 Å². The molecule has 1 fully saturated rings. The van der Waals surface area contributed by atoms with Crippen molar-refractivity contribution in [2.75, 3.05) is 24.5 Å². The Hall–Kier alpha value is -2.86. The van der Waals surface area contributed by atoms with Crippen LogP contribution in [-0.4, -0.2) is 46.6 Å². The van der Waals surface area contributed by atoms with Crippen molar-refractivity contribution in [3.05, 3.63) is 59.7 Å². The van der Waals surface area contributed by atoms with Gasteiger partial charge in [-0.25, -0.2) is 4.79 Å². The quantitative estimate of drug-likeness (QED) is 0.726. The van der Waals surface area contributed by atoms with Gasteiger partial charge in [-0.2, -0.15) is 4.98 Å². The smallest absolute Gasteiger partial charge is 0.338 e. The maximum atomic E-state index is 11.5. The second-order valence-corrected chi connectivity index (χ2v) is 7.68. The van der Waals surface area contributed by atoms with E-state index in [2.05, 4.69) is 52.9 Å². The predicted molar refractivity (Wildman–Crippen MR) is 109 cm³/mol.